The van der Waals surface area contributed by atoms with Crippen LogP contribution in [0.3, 0.4) is 0 Å². The maximum atomic E-state index is 13.8. The van der Waals surface area contributed by atoms with E-state index in [0.717, 1.165) is 24.5 Å². The maximum Gasteiger partial charge on any atom is 0.343 e. The van der Waals surface area contributed by atoms with Crippen LogP contribution < -0.4 is 19.3 Å². The van der Waals surface area contributed by atoms with Gasteiger partial charge in [0.25, 0.3) is 11.8 Å². The molecule has 0 N–H and O–H groups in total. The van der Waals surface area contributed by atoms with Gasteiger partial charge in [-0.05, 0) is 97.3 Å². The minimum absolute atomic E-state index is 0.131. The maximum absolute atomic E-state index is 13.8. The lowest BCUT2D eigenvalue weighted by atomic mass is 10.0. The fourth-order valence-electron chi connectivity index (χ4n) is 4.17. The third-order valence-electron chi connectivity index (χ3n) is 5.89. The molecule has 0 aliphatic carbocycles. The summed E-state index contributed by atoms with van der Waals surface area (Å²) in [6.07, 6.45) is 1.51. The second-order valence-corrected chi connectivity index (χ2v) is 9.55. The molecule has 1 heterocycles. The van der Waals surface area contributed by atoms with E-state index >= 15 is 0 Å². The van der Waals surface area contributed by atoms with Gasteiger partial charge < -0.3 is 9.47 Å². The molecule has 190 valence electrons. The number of carbonyl (C=O) groups excluding carboxylic acids is 3. The number of barbiturate groups is 1. The average molecular weight is 610 g/mol. The lowest BCUT2D eigenvalue weighted by Crippen LogP contribution is -2.57. The molecule has 8 heteroatoms. The van der Waals surface area contributed by atoms with E-state index < -0.39 is 17.8 Å². The number of rotatable bonds is 7. The summed E-state index contributed by atoms with van der Waals surface area (Å²) in [5.41, 5.74) is 2.76. The second kappa shape index (κ2) is 11.2. The second-order valence-electron chi connectivity index (χ2n) is 8.39. The van der Waals surface area contributed by atoms with Gasteiger partial charge in [0.05, 0.1) is 28.2 Å². The molecule has 0 bridgehead atoms. The number of benzene rings is 3. The summed E-state index contributed by atoms with van der Waals surface area (Å²) < 4.78 is 12.3. The molecule has 0 atom stereocenters. The molecule has 0 unspecified atom stereocenters. The molecule has 0 saturated carbocycles. The summed E-state index contributed by atoms with van der Waals surface area (Å²) >= 11 is 2.14. The topological polar surface area (TPSA) is 76.2 Å². The summed E-state index contributed by atoms with van der Waals surface area (Å²) in [4.78, 5) is 43.4. The Morgan fingerprint density at radius 3 is 1.78 bits per heavy atom. The first-order valence-corrected chi connectivity index (χ1v) is 13.0. The number of aryl methyl sites for hydroxylation is 2. The Hall–Kier alpha value is -3.66. The molecule has 0 spiro atoms. The lowest BCUT2D eigenvalue weighted by molar-refractivity contribution is -0.121. The van der Waals surface area contributed by atoms with E-state index in [1.807, 2.05) is 58.0 Å². The largest absolute Gasteiger partial charge is 0.490 e. The third-order valence-corrected chi connectivity index (χ3v) is 6.69. The van der Waals surface area contributed by atoms with E-state index in [1.54, 1.807) is 30.3 Å². The van der Waals surface area contributed by atoms with Gasteiger partial charge in [-0.2, -0.15) is 0 Å². The molecule has 3 aromatic rings. The summed E-state index contributed by atoms with van der Waals surface area (Å²) in [6.45, 7) is 8.27. The van der Waals surface area contributed by atoms with Gasteiger partial charge >= 0.3 is 6.03 Å². The fraction of sp³-hybridized carbons (Fsp3) is 0.207. The third kappa shape index (κ3) is 5.11. The minimum Gasteiger partial charge on any atom is -0.490 e. The molecular weight excluding hydrogens is 583 g/mol. The Morgan fingerprint density at radius 2 is 1.30 bits per heavy atom. The first-order chi connectivity index (χ1) is 17.8. The van der Waals surface area contributed by atoms with Crippen LogP contribution in [0.1, 0.15) is 30.5 Å². The smallest absolute Gasteiger partial charge is 0.343 e. The highest BCUT2D eigenvalue weighted by atomic mass is 127. The zero-order valence-electron chi connectivity index (χ0n) is 21.1. The highest BCUT2D eigenvalue weighted by Crippen LogP contribution is 2.37. The van der Waals surface area contributed by atoms with Crippen molar-refractivity contribution in [2.45, 2.75) is 27.7 Å². The van der Waals surface area contributed by atoms with Crippen LogP contribution in [0.2, 0.25) is 0 Å². The van der Waals surface area contributed by atoms with Gasteiger partial charge in [0.15, 0.2) is 11.5 Å². The Balaban J connectivity index is 1.91. The number of imide groups is 2. The van der Waals surface area contributed by atoms with Crippen molar-refractivity contribution in [3.63, 3.8) is 0 Å². The van der Waals surface area contributed by atoms with Crippen molar-refractivity contribution in [1.82, 2.24) is 0 Å². The molecule has 7 nitrogen and oxygen atoms in total. The van der Waals surface area contributed by atoms with Crippen LogP contribution in [0.25, 0.3) is 6.08 Å². The Bertz CT molecular complexity index is 1350. The quantitative estimate of drug-likeness (QED) is 0.179. The van der Waals surface area contributed by atoms with Crippen molar-refractivity contribution in [2.24, 2.45) is 0 Å². The molecule has 3 aromatic carbocycles. The van der Waals surface area contributed by atoms with E-state index in [1.165, 1.54) is 6.08 Å². The van der Waals surface area contributed by atoms with Gasteiger partial charge in [-0.15, -0.1) is 0 Å². The molecule has 4 rings (SSSR count). The van der Waals surface area contributed by atoms with Gasteiger partial charge in [-0.3, -0.25) is 9.59 Å². The molecule has 1 fully saturated rings. The van der Waals surface area contributed by atoms with Gasteiger partial charge in [0, 0.05) is 0 Å². The van der Waals surface area contributed by atoms with Crippen molar-refractivity contribution >= 4 is 57.9 Å². The molecular formula is C29H27IN2O5. The molecule has 0 aromatic heterocycles. The highest BCUT2D eigenvalue weighted by molar-refractivity contribution is 14.1. The predicted octanol–water partition coefficient (Wildman–Crippen LogP) is 6.29. The number of hydrogen-bond acceptors (Lipinski definition) is 5. The highest BCUT2D eigenvalue weighted by Gasteiger charge is 2.44. The zero-order chi connectivity index (χ0) is 26.7. The number of hydrogen-bond donors (Lipinski definition) is 0. The number of ether oxygens (including phenoxy) is 2. The van der Waals surface area contributed by atoms with Crippen molar-refractivity contribution in [1.29, 1.82) is 0 Å². The zero-order valence-corrected chi connectivity index (χ0v) is 23.2. The normalized spacial score (nSPS) is 13.8. The van der Waals surface area contributed by atoms with E-state index in [4.69, 9.17) is 9.47 Å². The fourth-order valence-corrected chi connectivity index (χ4v) is 4.95. The number of urea groups is 1. The van der Waals surface area contributed by atoms with Crippen molar-refractivity contribution in [3.05, 3.63) is 86.5 Å². The summed E-state index contributed by atoms with van der Waals surface area (Å²) in [5, 5.41) is 0. The van der Waals surface area contributed by atoms with Crippen LogP contribution in [-0.2, 0) is 9.59 Å². The molecule has 1 aliphatic heterocycles. The van der Waals surface area contributed by atoms with Crippen molar-refractivity contribution in [2.75, 3.05) is 23.0 Å². The van der Waals surface area contributed by atoms with Crippen molar-refractivity contribution in [3.8, 4) is 11.5 Å². The predicted molar refractivity (Wildman–Crippen MR) is 152 cm³/mol. The SMILES string of the molecule is CCOc1cc(C=C2C(=O)N(c3ccccc3C)C(=O)N(c3ccccc3C)C2=O)cc(I)c1OCC. The number of halogens is 1. The van der Waals surface area contributed by atoms with E-state index in [-0.39, 0.29) is 5.57 Å². The summed E-state index contributed by atoms with van der Waals surface area (Å²) in [5.74, 6) is -0.250. The van der Waals surface area contributed by atoms with E-state index in [0.29, 0.717) is 41.7 Å². The number of nitrogens with zero attached hydrogens (tertiary/aromatic N) is 2. The van der Waals surface area contributed by atoms with Crippen LogP contribution in [0.15, 0.2) is 66.2 Å². The van der Waals surface area contributed by atoms with Crippen LogP contribution in [0.4, 0.5) is 16.2 Å². The molecule has 0 radical (unpaired) electrons. The summed E-state index contributed by atoms with van der Waals surface area (Å²) in [7, 11) is 0. The van der Waals surface area contributed by atoms with Gasteiger partial charge in [-0.1, -0.05) is 36.4 Å². The summed E-state index contributed by atoms with van der Waals surface area (Å²) in [6, 6.07) is 17.0. The average Bonchev–Trinajstić information content (AvgIpc) is 2.86. The monoisotopic (exact) mass is 610 g/mol. The van der Waals surface area contributed by atoms with Crippen LogP contribution in [0.5, 0.6) is 11.5 Å². The van der Waals surface area contributed by atoms with Crippen LogP contribution >= 0.6 is 22.6 Å². The Labute approximate surface area is 229 Å². The van der Waals surface area contributed by atoms with Gasteiger partial charge in [0.1, 0.15) is 5.57 Å². The van der Waals surface area contributed by atoms with Crippen LogP contribution in [0, 0.1) is 17.4 Å². The van der Waals surface area contributed by atoms with Crippen LogP contribution in [-0.4, -0.2) is 31.1 Å². The number of anilines is 2. The number of carbonyl (C=O) groups is 3. The van der Waals surface area contributed by atoms with Gasteiger partial charge in [0.2, 0.25) is 0 Å². The van der Waals surface area contributed by atoms with Gasteiger partial charge in [-0.25, -0.2) is 14.6 Å². The Kier molecular flexibility index (Phi) is 7.97. The Morgan fingerprint density at radius 1 is 0.784 bits per heavy atom. The first-order valence-electron chi connectivity index (χ1n) is 11.9. The molecule has 1 saturated heterocycles. The molecule has 1 aliphatic rings. The lowest BCUT2D eigenvalue weighted by Gasteiger charge is -2.35. The number of para-hydroxylation sites is 2. The first kappa shape index (κ1) is 26.4. The van der Waals surface area contributed by atoms with E-state index in [2.05, 4.69) is 22.6 Å². The molecule has 37 heavy (non-hydrogen) atoms. The van der Waals surface area contributed by atoms with E-state index in [9.17, 15) is 14.4 Å². The standard InChI is InChI=1S/C29H27IN2O5/c1-5-36-25-17-20(16-22(30)26(25)37-6-2)15-21-27(33)31(23-13-9-7-11-18(23)3)29(35)32(28(21)34)24-14-10-8-12-19(24)4/h7-17H,5-6H2,1-4H3. The molecule has 4 amide bonds. The number of amides is 4. The van der Waals surface area contributed by atoms with Crippen molar-refractivity contribution < 1.29 is 23.9 Å². The minimum atomic E-state index is -0.716.